The molecule has 1 aromatic carbocycles. The molecule has 0 spiro atoms. The molecule has 3 aliphatic rings. The number of piperidine rings is 2. The largest absolute Gasteiger partial charge is 0.366 e. The summed E-state index contributed by atoms with van der Waals surface area (Å²) < 4.78 is 15.7. The van der Waals surface area contributed by atoms with Crippen LogP contribution in [0.3, 0.4) is 0 Å². The van der Waals surface area contributed by atoms with Gasteiger partial charge in [-0.3, -0.25) is 4.79 Å². The first-order chi connectivity index (χ1) is 15.1. The van der Waals surface area contributed by atoms with Crippen molar-refractivity contribution >= 4 is 33.7 Å². The van der Waals surface area contributed by atoms with Crippen molar-refractivity contribution in [3.05, 3.63) is 64.8 Å². The highest BCUT2D eigenvalue weighted by Crippen LogP contribution is 2.41. The number of carbonyl (C=O) groups is 1. The molecule has 6 rings (SSSR count). The lowest BCUT2D eigenvalue weighted by Crippen LogP contribution is -2.58. The summed E-state index contributed by atoms with van der Waals surface area (Å²) in [7, 11) is 0. The first-order valence-electron chi connectivity index (χ1n) is 10.3. The molecule has 0 unspecified atom stereocenters. The molecule has 1 aliphatic carbocycles. The maximum atomic E-state index is 14.8. The molecule has 8 heteroatoms. The fourth-order valence-electron chi connectivity index (χ4n) is 4.88. The summed E-state index contributed by atoms with van der Waals surface area (Å²) in [5.74, 6) is 1.06. The lowest BCUT2D eigenvalue weighted by Gasteiger charge is -2.51. The van der Waals surface area contributed by atoms with Gasteiger partial charge >= 0.3 is 0 Å². The second-order valence-electron chi connectivity index (χ2n) is 8.06. The number of carbonyl (C=O) groups excluding carboxylic acids is 1. The maximum absolute atomic E-state index is 14.8. The van der Waals surface area contributed by atoms with Gasteiger partial charge in [-0.15, -0.1) is 0 Å². The highest BCUT2D eigenvalue weighted by Gasteiger charge is 2.42. The Hall–Kier alpha value is -2.87. The van der Waals surface area contributed by atoms with Crippen molar-refractivity contribution < 1.29 is 9.18 Å². The molecule has 158 valence electrons. The van der Waals surface area contributed by atoms with Crippen LogP contribution in [0.25, 0.3) is 11.4 Å². The van der Waals surface area contributed by atoms with E-state index in [-0.39, 0.29) is 23.5 Å². The van der Waals surface area contributed by atoms with E-state index >= 15 is 0 Å². The molecule has 1 N–H and O–H groups in total. The molecule has 0 amide bonds. The first-order valence-corrected chi connectivity index (χ1v) is 11.1. The Kier molecular flexibility index (Phi) is 5.40. The van der Waals surface area contributed by atoms with Crippen LogP contribution >= 0.6 is 15.9 Å². The van der Waals surface area contributed by atoms with Crippen molar-refractivity contribution in [2.24, 2.45) is 5.92 Å². The van der Waals surface area contributed by atoms with Crippen LogP contribution in [0.1, 0.15) is 29.6 Å². The zero-order chi connectivity index (χ0) is 21.4. The lowest BCUT2D eigenvalue weighted by atomic mass is 9.76. The molecule has 2 saturated heterocycles. The van der Waals surface area contributed by atoms with Gasteiger partial charge in [0, 0.05) is 47.4 Å². The summed E-state index contributed by atoms with van der Waals surface area (Å²) in [6, 6.07) is 9.09. The van der Waals surface area contributed by atoms with Gasteiger partial charge in [-0.05, 0) is 71.4 Å². The number of aldehydes is 1. The van der Waals surface area contributed by atoms with Crippen LogP contribution in [0.4, 0.5) is 15.9 Å². The van der Waals surface area contributed by atoms with E-state index in [1.807, 2.05) is 12.1 Å². The van der Waals surface area contributed by atoms with E-state index in [0.29, 0.717) is 11.5 Å². The van der Waals surface area contributed by atoms with Gasteiger partial charge in [0.1, 0.15) is 11.6 Å². The zero-order valence-corrected chi connectivity index (χ0v) is 18.3. The summed E-state index contributed by atoms with van der Waals surface area (Å²) in [6.45, 7) is 0.845. The van der Waals surface area contributed by atoms with Gasteiger partial charge in [-0.25, -0.2) is 19.3 Å². The lowest BCUT2D eigenvalue weighted by molar-refractivity contribution is 0.112. The number of aromatic nitrogens is 3. The van der Waals surface area contributed by atoms with Crippen LogP contribution in [0, 0.1) is 11.7 Å². The Bertz CT molecular complexity index is 1100. The van der Waals surface area contributed by atoms with E-state index in [1.165, 1.54) is 6.07 Å². The predicted octanol–water partition coefficient (Wildman–Crippen LogP) is 4.72. The van der Waals surface area contributed by atoms with Gasteiger partial charge < -0.3 is 10.2 Å². The number of pyridine rings is 1. The maximum Gasteiger partial charge on any atom is 0.162 e. The van der Waals surface area contributed by atoms with Gasteiger partial charge in [0.25, 0.3) is 0 Å². The number of fused-ring (bicyclic) bond motifs is 3. The molecule has 2 bridgehead atoms. The van der Waals surface area contributed by atoms with Crippen LogP contribution in [-0.4, -0.2) is 39.9 Å². The number of rotatable bonds is 5. The molecule has 3 fully saturated rings. The molecular formula is C23H21BrFN5O. The van der Waals surface area contributed by atoms with Crippen molar-refractivity contribution in [3.8, 4) is 11.4 Å². The normalized spacial score (nSPS) is 22.4. The monoisotopic (exact) mass is 481 g/mol. The summed E-state index contributed by atoms with van der Waals surface area (Å²) >= 11 is 3.42. The Balaban J connectivity index is 1.51. The summed E-state index contributed by atoms with van der Waals surface area (Å²) in [6.07, 6.45) is 8.81. The predicted molar refractivity (Wildman–Crippen MR) is 121 cm³/mol. The number of halogens is 2. The minimum Gasteiger partial charge on any atom is -0.366 e. The third kappa shape index (κ3) is 3.80. The first kappa shape index (κ1) is 20.1. The Morgan fingerprint density at radius 1 is 1.13 bits per heavy atom. The highest BCUT2D eigenvalue weighted by molar-refractivity contribution is 9.10. The number of hydrogen-bond donors (Lipinski definition) is 1. The fourth-order valence-corrected chi connectivity index (χ4v) is 5.12. The topological polar surface area (TPSA) is 71.0 Å². The molecular weight excluding hydrogens is 461 g/mol. The van der Waals surface area contributed by atoms with E-state index in [9.17, 15) is 9.18 Å². The van der Waals surface area contributed by atoms with Gasteiger partial charge in [0.05, 0.1) is 11.1 Å². The highest BCUT2D eigenvalue weighted by atomic mass is 79.9. The van der Waals surface area contributed by atoms with Crippen LogP contribution in [0.2, 0.25) is 0 Å². The second-order valence-corrected chi connectivity index (χ2v) is 8.97. The molecule has 2 aromatic heterocycles. The quantitative estimate of drug-likeness (QED) is 0.531. The third-order valence-corrected chi connectivity index (χ3v) is 6.70. The van der Waals surface area contributed by atoms with Gasteiger partial charge in [-0.2, -0.15) is 0 Å². The van der Waals surface area contributed by atoms with E-state index in [2.05, 4.69) is 41.1 Å². The van der Waals surface area contributed by atoms with Crippen molar-refractivity contribution in [1.29, 1.82) is 0 Å². The Morgan fingerprint density at radius 2 is 1.97 bits per heavy atom. The van der Waals surface area contributed by atoms with Gasteiger partial charge in [0.15, 0.2) is 12.1 Å². The summed E-state index contributed by atoms with van der Waals surface area (Å²) in [5, 5.41) is 3.57. The van der Waals surface area contributed by atoms with Crippen LogP contribution in [0.5, 0.6) is 0 Å². The Morgan fingerprint density at radius 3 is 2.68 bits per heavy atom. The van der Waals surface area contributed by atoms with Gasteiger partial charge in [-0.1, -0.05) is 0 Å². The molecule has 0 radical (unpaired) electrons. The standard InChI is InChI=1S/C23H21BrFN5O/c24-15-3-7-21(28-11-15)29-18-10-14-2-5-20(18)30(12-14)19-6-4-17(25)22(16(19)13-31)23-26-8-1-9-27-23/h1,3-4,6-9,11,13-14,18,20H,2,5,10,12H2,(H,28,29)/t14-,18-,20+/m1/s1. The zero-order valence-electron chi connectivity index (χ0n) is 16.7. The molecule has 2 aliphatic heterocycles. The SMILES string of the molecule is O=Cc1c(N2C[C@@H]3CC[C@H]2[C@H](Nc2ccc(Br)cn2)C3)ccc(F)c1-c1ncccn1. The molecule has 31 heavy (non-hydrogen) atoms. The summed E-state index contributed by atoms with van der Waals surface area (Å²) in [5.41, 5.74) is 1.21. The summed E-state index contributed by atoms with van der Waals surface area (Å²) in [4.78, 5) is 27.2. The van der Waals surface area contributed by atoms with Crippen LogP contribution in [0.15, 0.2) is 53.4 Å². The van der Waals surface area contributed by atoms with E-state index in [0.717, 1.165) is 48.1 Å². The number of nitrogens with one attached hydrogen (secondary N) is 1. The fraction of sp³-hybridized carbons (Fsp3) is 0.304. The second kappa shape index (κ2) is 8.34. The average molecular weight is 482 g/mol. The Labute approximate surface area is 188 Å². The smallest absolute Gasteiger partial charge is 0.162 e. The minimum atomic E-state index is -0.493. The van der Waals surface area contributed by atoms with Crippen molar-refractivity contribution in [2.75, 3.05) is 16.8 Å². The molecule has 3 atom stereocenters. The molecule has 3 aromatic rings. The van der Waals surface area contributed by atoms with E-state index in [1.54, 1.807) is 30.7 Å². The number of benzene rings is 1. The average Bonchev–Trinajstić information content (AvgIpc) is 2.81. The van der Waals surface area contributed by atoms with E-state index in [4.69, 9.17) is 0 Å². The number of nitrogens with zero attached hydrogens (tertiary/aromatic N) is 4. The van der Waals surface area contributed by atoms with Crippen molar-refractivity contribution in [3.63, 3.8) is 0 Å². The van der Waals surface area contributed by atoms with Crippen LogP contribution in [-0.2, 0) is 0 Å². The number of anilines is 2. The van der Waals surface area contributed by atoms with Crippen LogP contribution < -0.4 is 10.2 Å². The third-order valence-electron chi connectivity index (χ3n) is 6.23. The number of hydrogen-bond acceptors (Lipinski definition) is 6. The van der Waals surface area contributed by atoms with Gasteiger partial charge in [0.2, 0.25) is 0 Å². The van der Waals surface area contributed by atoms with Crippen molar-refractivity contribution in [1.82, 2.24) is 15.0 Å². The minimum absolute atomic E-state index is 0.161. The molecule has 4 heterocycles. The molecule has 1 saturated carbocycles. The molecule has 6 nitrogen and oxygen atoms in total. The van der Waals surface area contributed by atoms with E-state index < -0.39 is 5.82 Å². The van der Waals surface area contributed by atoms with Crippen molar-refractivity contribution in [2.45, 2.75) is 31.3 Å².